The van der Waals surface area contributed by atoms with Gasteiger partial charge in [0.25, 0.3) is 0 Å². The molecule has 0 radical (unpaired) electrons. The molecule has 0 aliphatic heterocycles. The fourth-order valence-electron chi connectivity index (χ4n) is 2.70. The van der Waals surface area contributed by atoms with E-state index in [0.717, 1.165) is 31.1 Å². The van der Waals surface area contributed by atoms with Gasteiger partial charge in [0.2, 0.25) is 0 Å². The van der Waals surface area contributed by atoms with Crippen LogP contribution in [0.1, 0.15) is 52.4 Å². The topological polar surface area (TPSA) is 9.23 Å². The zero-order valence-electron chi connectivity index (χ0n) is 15.9. The van der Waals surface area contributed by atoms with Crippen molar-refractivity contribution in [2.75, 3.05) is 0 Å². The molecule has 1 nitrogen and oxygen atoms in total. The van der Waals surface area contributed by atoms with Crippen LogP contribution in [0.15, 0.2) is 72.9 Å². The van der Waals surface area contributed by atoms with Crippen LogP contribution in [0, 0.1) is 11.8 Å². The molecule has 1 aliphatic rings. The second-order valence-electron chi connectivity index (χ2n) is 6.48. The van der Waals surface area contributed by atoms with Crippen molar-refractivity contribution in [3.05, 3.63) is 72.9 Å². The lowest BCUT2D eigenvalue weighted by Crippen LogP contribution is -2.00. The van der Waals surface area contributed by atoms with E-state index in [1.165, 1.54) is 19.3 Å². The van der Waals surface area contributed by atoms with Crippen LogP contribution in [0.25, 0.3) is 0 Å². The van der Waals surface area contributed by atoms with E-state index in [4.69, 9.17) is 4.52 Å². The van der Waals surface area contributed by atoms with Gasteiger partial charge in [-0.2, -0.15) is 0 Å². The third-order valence-corrected chi connectivity index (χ3v) is 4.60. The SMILES string of the molecule is CC/C=C\CC(/C=C/C=C\C\C=C/C=C/C=C/C1CC1CCC)OP. The normalized spacial score (nSPS) is 22.7. The second kappa shape index (κ2) is 15.1. The summed E-state index contributed by atoms with van der Waals surface area (Å²) in [5.41, 5.74) is 0. The highest BCUT2D eigenvalue weighted by Crippen LogP contribution is 2.42. The van der Waals surface area contributed by atoms with Crippen molar-refractivity contribution in [1.29, 1.82) is 0 Å². The molecular formula is C23H35OP. The molecular weight excluding hydrogens is 323 g/mol. The smallest absolute Gasteiger partial charge is 0.0828 e. The third kappa shape index (κ3) is 11.9. The van der Waals surface area contributed by atoms with Crippen molar-refractivity contribution in [1.82, 2.24) is 0 Å². The number of hydrogen-bond acceptors (Lipinski definition) is 1. The molecule has 0 saturated heterocycles. The maximum Gasteiger partial charge on any atom is 0.0828 e. The molecule has 1 saturated carbocycles. The van der Waals surface area contributed by atoms with Crippen LogP contribution >= 0.6 is 9.47 Å². The Balaban J connectivity index is 2.12. The highest BCUT2D eigenvalue weighted by Gasteiger charge is 2.32. The first kappa shape index (κ1) is 21.9. The van der Waals surface area contributed by atoms with Gasteiger partial charge in [-0.3, -0.25) is 0 Å². The monoisotopic (exact) mass is 358 g/mol. The van der Waals surface area contributed by atoms with E-state index < -0.39 is 0 Å². The Morgan fingerprint density at radius 3 is 2.44 bits per heavy atom. The number of allylic oxidation sites excluding steroid dienone is 10. The minimum absolute atomic E-state index is 0.131. The van der Waals surface area contributed by atoms with E-state index in [1.807, 2.05) is 0 Å². The average Bonchev–Trinajstić information content (AvgIpc) is 3.36. The number of rotatable bonds is 13. The summed E-state index contributed by atoms with van der Waals surface area (Å²) < 4.78 is 5.34. The molecule has 0 aromatic heterocycles. The minimum atomic E-state index is 0.131. The Bertz CT molecular complexity index is 496. The summed E-state index contributed by atoms with van der Waals surface area (Å²) in [6.07, 6.45) is 32.9. The fourth-order valence-corrected chi connectivity index (χ4v) is 2.90. The molecule has 0 heterocycles. The maximum absolute atomic E-state index is 5.34. The maximum atomic E-state index is 5.34. The van der Waals surface area contributed by atoms with Crippen molar-refractivity contribution in [3.63, 3.8) is 0 Å². The predicted octanol–water partition coefficient (Wildman–Crippen LogP) is 7.13. The first-order valence-electron chi connectivity index (χ1n) is 9.65. The summed E-state index contributed by atoms with van der Waals surface area (Å²) in [6, 6.07) is 0. The Hall–Kier alpha value is -1.17. The van der Waals surface area contributed by atoms with Gasteiger partial charge in [0.15, 0.2) is 0 Å². The Kier molecular flexibility index (Phi) is 13.2. The average molecular weight is 359 g/mol. The third-order valence-electron chi connectivity index (χ3n) is 4.26. The molecule has 4 atom stereocenters. The van der Waals surface area contributed by atoms with E-state index in [0.29, 0.717) is 0 Å². The molecule has 1 rings (SSSR count). The quantitative estimate of drug-likeness (QED) is 0.193. The van der Waals surface area contributed by atoms with Crippen LogP contribution in [0.3, 0.4) is 0 Å². The summed E-state index contributed by atoms with van der Waals surface area (Å²) in [7, 11) is 2.35. The molecule has 1 aliphatic carbocycles. The van der Waals surface area contributed by atoms with Crippen LogP contribution < -0.4 is 0 Å². The zero-order chi connectivity index (χ0) is 18.2. The lowest BCUT2D eigenvalue weighted by molar-refractivity contribution is 0.298. The van der Waals surface area contributed by atoms with Gasteiger partial charge in [0, 0.05) is 9.47 Å². The molecule has 0 aromatic carbocycles. The van der Waals surface area contributed by atoms with Crippen molar-refractivity contribution in [3.8, 4) is 0 Å². The molecule has 4 unspecified atom stereocenters. The van der Waals surface area contributed by atoms with Crippen LogP contribution in [-0.2, 0) is 4.52 Å². The zero-order valence-corrected chi connectivity index (χ0v) is 17.0. The Morgan fingerprint density at radius 1 is 0.960 bits per heavy atom. The van der Waals surface area contributed by atoms with Crippen LogP contribution in [-0.4, -0.2) is 6.10 Å². The summed E-state index contributed by atoms with van der Waals surface area (Å²) in [5, 5.41) is 0. The summed E-state index contributed by atoms with van der Waals surface area (Å²) >= 11 is 0. The van der Waals surface area contributed by atoms with E-state index in [-0.39, 0.29) is 6.10 Å². The summed E-state index contributed by atoms with van der Waals surface area (Å²) in [4.78, 5) is 0. The van der Waals surface area contributed by atoms with Gasteiger partial charge in [-0.15, -0.1) is 0 Å². The highest BCUT2D eigenvalue weighted by atomic mass is 31.0. The van der Waals surface area contributed by atoms with E-state index in [1.54, 1.807) is 0 Å². The van der Waals surface area contributed by atoms with Crippen LogP contribution in [0.4, 0.5) is 0 Å². The first-order chi connectivity index (χ1) is 12.3. The van der Waals surface area contributed by atoms with Crippen molar-refractivity contribution in [2.45, 2.75) is 58.5 Å². The minimum Gasteiger partial charge on any atom is -0.358 e. The van der Waals surface area contributed by atoms with Crippen molar-refractivity contribution >= 4 is 9.47 Å². The summed E-state index contributed by atoms with van der Waals surface area (Å²) in [6.45, 7) is 4.41. The molecule has 0 spiro atoms. The van der Waals surface area contributed by atoms with Crippen LogP contribution in [0.2, 0.25) is 0 Å². The lowest BCUT2D eigenvalue weighted by Gasteiger charge is -2.06. The number of hydrogen-bond donors (Lipinski definition) is 0. The molecule has 0 bridgehead atoms. The van der Waals surface area contributed by atoms with Gasteiger partial charge in [-0.1, -0.05) is 99.6 Å². The molecule has 1 fully saturated rings. The standard InChI is InChI=1S/C23H35OP/c1-3-5-13-18-23(24-25)19-15-12-10-8-6-7-9-11-14-17-22-20-21(22)16-4-2/h5-7,9-15,17,19,21-23H,3-4,8,16,18,20,25H2,1-2H3/b7-6-,11-9+,12-10-,13-5-,17-14+,19-15+. The second-order valence-corrected chi connectivity index (χ2v) is 6.76. The molecule has 25 heavy (non-hydrogen) atoms. The van der Waals surface area contributed by atoms with Gasteiger partial charge in [0.1, 0.15) is 0 Å². The van der Waals surface area contributed by atoms with E-state index >= 15 is 0 Å². The summed E-state index contributed by atoms with van der Waals surface area (Å²) in [5.74, 6) is 1.80. The predicted molar refractivity (Wildman–Crippen MR) is 115 cm³/mol. The Labute approximate surface area is 157 Å². The molecule has 0 N–H and O–H groups in total. The van der Waals surface area contributed by atoms with Gasteiger partial charge in [-0.05, 0) is 37.5 Å². The van der Waals surface area contributed by atoms with Gasteiger partial charge in [-0.25, -0.2) is 0 Å². The fraction of sp³-hybridized carbons (Fsp3) is 0.478. The van der Waals surface area contributed by atoms with E-state index in [2.05, 4.69) is 96.2 Å². The molecule has 138 valence electrons. The Morgan fingerprint density at radius 2 is 1.72 bits per heavy atom. The van der Waals surface area contributed by atoms with E-state index in [9.17, 15) is 0 Å². The van der Waals surface area contributed by atoms with Crippen molar-refractivity contribution < 1.29 is 4.52 Å². The first-order valence-corrected chi connectivity index (χ1v) is 10.1. The highest BCUT2D eigenvalue weighted by molar-refractivity contribution is 7.09. The van der Waals surface area contributed by atoms with Crippen molar-refractivity contribution in [2.24, 2.45) is 11.8 Å². The van der Waals surface area contributed by atoms with Gasteiger partial charge >= 0.3 is 0 Å². The van der Waals surface area contributed by atoms with Gasteiger partial charge in [0.05, 0.1) is 6.10 Å². The molecule has 0 aromatic rings. The lowest BCUT2D eigenvalue weighted by atomic mass is 10.2. The van der Waals surface area contributed by atoms with Gasteiger partial charge < -0.3 is 4.52 Å². The molecule has 0 amide bonds. The molecule has 2 heteroatoms. The van der Waals surface area contributed by atoms with Crippen LogP contribution in [0.5, 0.6) is 0 Å². The largest absolute Gasteiger partial charge is 0.358 e.